The van der Waals surface area contributed by atoms with Gasteiger partial charge < -0.3 is 20.3 Å². The standard InChI is InChI=1S/C19H32N4O2.HI/c1-5-16(3)22-18(24)12-13-21-19(20-6-2)23(4)14-15-25-17-10-8-7-9-11-17;/h7-11,16H,5-6,12-15H2,1-4H3,(H,20,21)(H,22,24);1H. The lowest BCUT2D eigenvalue weighted by Gasteiger charge is -2.22. The smallest absolute Gasteiger partial charge is 0.222 e. The topological polar surface area (TPSA) is 66.0 Å². The number of hydrogen-bond donors (Lipinski definition) is 2. The van der Waals surface area contributed by atoms with E-state index in [4.69, 9.17) is 4.74 Å². The Hall–Kier alpha value is -1.51. The van der Waals surface area contributed by atoms with Crippen molar-refractivity contribution < 1.29 is 9.53 Å². The molecule has 0 aliphatic carbocycles. The molecular formula is C19H33IN4O2. The number of guanidine groups is 1. The Morgan fingerprint density at radius 2 is 1.96 bits per heavy atom. The van der Waals surface area contributed by atoms with E-state index in [2.05, 4.69) is 22.5 Å². The fourth-order valence-corrected chi connectivity index (χ4v) is 2.11. The zero-order valence-electron chi connectivity index (χ0n) is 16.3. The summed E-state index contributed by atoms with van der Waals surface area (Å²) in [5.41, 5.74) is 0. The molecule has 0 aliphatic rings. The van der Waals surface area contributed by atoms with Crippen molar-refractivity contribution in [1.29, 1.82) is 0 Å². The van der Waals surface area contributed by atoms with E-state index in [1.807, 2.05) is 56.1 Å². The second-order valence-electron chi connectivity index (χ2n) is 5.95. The highest BCUT2D eigenvalue weighted by Crippen LogP contribution is 2.07. The van der Waals surface area contributed by atoms with Crippen LogP contribution in [0.15, 0.2) is 35.3 Å². The summed E-state index contributed by atoms with van der Waals surface area (Å²) in [6.07, 6.45) is 1.33. The molecule has 0 aliphatic heterocycles. The molecule has 0 aromatic heterocycles. The number of carbonyl (C=O) groups excluding carboxylic acids is 1. The zero-order valence-corrected chi connectivity index (χ0v) is 18.7. The number of para-hydroxylation sites is 1. The zero-order chi connectivity index (χ0) is 18.5. The van der Waals surface area contributed by atoms with E-state index >= 15 is 0 Å². The van der Waals surface area contributed by atoms with Crippen LogP contribution in [0.4, 0.5) is 0 Å². The molecule has 7 heteroatoms. The molecule has 1 amide bonds. The Bertz CT molecular complexity index is 526. The summed E-state index contributed by atoms with van der Waals surface area (Å²) >= 11 is 0. The number of ether oxygens (including phenoxy) is 1. The SMILES string of the molecule is CCNC(=NCCC(=O)NC(C)CC)N(C)CCOc1ccccc1.I. The largest absolute Gasteiger partial charge is 0.492 e. The van der Waals surface area contributed by atoms with E-state index in [1.54, 1.807) is 0 Å². The van der Waals surface area contributed by atoms with Crippen molar-refractivity contribution >= 4 is 35.8 Å². The predicted molar refractivity (Wildman–Crippen MR) is 118 cm³/mol. The molecule has 1 unspecified atom stereocenters. The van der Waals surface area contributed by atoms with E-state index in [1.165, 1.54) is 0 Å². The number of carbonyl (C=O) groups is 1. The summed E-state index contributed by atoms with van der Waals surface area (Å²) in [5.74, 6) is 1.69. The van der Waals surface area contributed by atoms with Gasteiger partial charge in [-0.25, -0.2) is 0 Å². The van der Waals surface area contributed by atoms with Crippen molar-refractivity contribution in [2.45, 2.75) is 39.7 Å². The van der Waals surface area contributed by atoms with Crippen molar-refractivity contribution in [2.75, 3.05) is 33.3 Å². The van der Waals surface area contributed by atoms with Gasteiger partial charge in [0, 0.05) is 26.1 Å². The van der Waals surface area contributed by atoms with Crippen LogP contribution in [0.25, 0.3) is 0 Å². The average molecular weight is 476 g/mol. The van der Waals surface area contributed by atoms with Gasteiger partial charge >= 0.3 is 0 Å². The van der Waals surface area contributed by atoms with Crippen molar-refractivity contribution in [3.63, 3.8) is 0 Å². The second-order valence-corrected chi connectivity index (χ2v) is 5.95. The molecule has 0 spiro atoms. The number of nitrogens with zero attached hydrogens (tertiary/aromatic N) is 2. The maximum absolute atomic E-state index is 11.8. The summed E-state index contributed by atoms with van der Waals surface area (Å²) in [7, 11) is 1.97. The maximum Gasteiger partial charge on any atom is 0.222 e. The van der Waals surface area contributed by atoms with Crippen molar-refractivity contribution in [1.82, 2.24) is 15.5 Å². The van der Waals surface area contributed by atoms with Gasteiger partial charge in [-0.15, -0.1) is 24.0 Å². The number of nitrogens with one attached hydrogen (secondary N) is 2. The fraction of sp³-hybridized carbons (Fsp3) is 0.579. The second kappa shape index (κ2) is 14.6. The molecule has 1 aromatic carbocycles. The molecule has 2 N–H and O–H groups in total. The third-order valence-corrected chi connectivity index (χ3v) is 3.76. The molecule has 1 aromatic rings. The Morgan fingerprint density at radius 3 is 2.58 bits per heavy atom. The number of hydrogen-bond acceptors (Lipinski definition) is 3. The lowest BCUT2D eigenvalue weighted by atomic mass is 10.2. The first-order valence-electron chi connectivity index (χ1n) is 9.03. The van der Waals surface area contributed by atoms with Gasteiger partial charge in [-0.05, 0) is 32.4 Å². The van der Waals surface area contributed by atoms with Gasteiger partial charge in [-0.1, -0.05) is 25.1 Å². The summed E-state index contributed by atoms with van der Waals surface area (Å²) in [6.45, 7) is 8.61. The minimum Gasteiger partial charge on any atom is -0.492 e. The van der Waals surface area contributed by atoms with Crippen molar-refractivity contribution in [2.24, 2.45) is 4.99 Å². The Morgan fingerprint density at radius 1 is 1.27 bits per heavy atom. The number of aliphatic imine (C=N–C) groups is 1. The quantitative estimate of drug-likeness (QED) is 0.310. The number of benzene rings is 1. The highest BCUT2D eigenvalue weighted by molar-refractivity contribution is 14.0. The third-order valence-electron chi connectivity index (χ3n) is 3.76. The molecule has 0 radical (unpaired) electrons. The van der Waals surface area contributed by atoms with Crippen LogP contribution in [0.1, 0.15) is 33.6 Å². The number of amides is 1. The summed E-state index contributed by atoms with van der Waals surface area (Å²) in [6, 6.07) is 9.96. The lowest BCUT2D eigenvalue weighted by molar-refractivity contribution is -0.121. The summed E-state index contributed by atoms with van der Waals surface area (Å²) < 4.78 is 5.72. The van der Waals surface area contributed by atoms with Gasteiger partial charge in [0.2, 0.25) is 5.91 Å². The van der Waals surface area contributed by atoms with Crippen LogP contribution in [-0.2, 0) is 4.79 Å². The van der Waals surface area contributed by atoms with Crippen LogP contribution in [0.2, 0.25) is 0 Å². The molecule has 26 heavy (non-hydrogen) atoms. The maximum atomic E-state index is 11.8. The molecule has 0 saturated heterocycles. The molecular weight excluding hydrogens is 443 g/mol. The van der Waals surface area contributed by atoms with Gasteiger partial charge in [0.15, 0.2) is 5.96 Å². The number of halogens is 1. The van der Waals surface area contributed by atoms with Crippen LogP contribution in [-0.4, -0.2) is 56.1 Å². The van der Waals surface area contributed by atoms with E-state index in [9.17, 15) is 4.79 Å². The van der Waals surface area contributed by atoms with Crippen LogP contribution in [0, 0.1) is 0 Å². The van der Waals surface area contributed by atoms with Gasteiger partial charge in [0.1, 0.15) is 12.4 Å². The molecule has 0 fully saturated rings. The molecule has 6 nitrogen and oxygen atoms in total. The lowest BCUT2D eigenvalue weighted by Crippen LogP contribution is -2.41. The highest BCUT2D eigenvalue weighted by Gasteiger charge is 2.08. The van der Waals surface area contributed by atoms with Crippen LogP contribution >= 0.6 is 24.0 Å². The molecule has 0 bridgehead atoms. The van der Waals surface area contributed by atoms with E-state index < -0.39 is 0 Å². The van der Waals surface area contributed by atoms with Gasteiger partial charge in [0.05, 0.1) is 13.1 Å². The molecule has 0 heterocycles. The van der Waals surface area contributed by atoms with Gasteiger partial charge in [-0.3, -0.25) is 9.79 Å². The van der Waals surface area contributed by atoms with E-state index in [-0.39, 0.29) is 35.9 Å². The number of likely N-dealkylation sites (N-methyl/N-ethyl adjacent to an activating group) is 1. The van der Waals surface area contributed by atoms with E-state index in [0.717, 1.165) is 24.7 Å². The molecule has 1 rings (SSSR count). The minimum absolute atomic E-state index is 0. The fourth-order valence-electron chi connectivity index (χ4n) is 2.11. The Kier molecular flexibility index (Phi) is 13.8. The van der Waals surface area contributed by atoms with Crippen molar-refractivity contribution in [3.05, 3.63) is 30.3 Å². The monoisotopic (exact) mass is 476 g/mol. The molecule has 1 atom stereocenters. The normalized spacial score (nSPS) is 11.9. The van der Waals surface area contributed by atoms with E-state index in [0.29, 0.717) is 26.1 Å². The first kappa shape index (κ1) is 24.5. The minimum atomic E-state index is 0. The molecule has 148 valence electrons. The summed E-state index contributed by atoms with van der Waals surface area (Å²) in [5, 5.41) is 6.20. The van der Waals surface area contributed by atoms with Gasteiger partial charge in [0.25, 0.3) is 0 Å². The van der Waals surface area contributed by atoms with Crippen molar-refractivity contribution in [3.8, 4) is 5.75 Å². The number of rotatable bonds is 10. The summed E-state index contributed by atoms with van der Waals surface area (Å²) in [4.78, 5) is 18.4. The van der Waals surface area contributed by atoms with Crippen LogP contribution in [0.3, 0.4) is 0 Å². The van der Waals surface area contributed by atoms with Crippen LogP contribution < -0.4 is 15.4 Å². The first-order chi connectivity index (χ1) is 12.1. The Labute approximate surface area is 174 Å². The third kappa shape index (κ3) is 10.5. The first-order valence-corrected chi connectivity index (χ1v) is 9.03. The average Bonchev–Trinajstić information content (AvgIpc) is 2.61. The molecule has 0 saturated carbocycles. The highest BCUT2D eigenvalue weighted by atomic mass is 127. The Balaban J connectivity index is 0.00000625. The van der Waals surface area contributed by atoms with Crippen LogP contribution in [0.5, 0.6) is 5.75 Å². The van der Waals surface area contributed by atoms with Gasteiger partial charge in [-0.2, -0.15) is 0 Å². The predicted octanol–water partition coefficient (Wildman–Crippen LogP) is 2.89.